The molecule has 6 heteroatoms. The lowest BCUT2D eigenvalue weighted by atomic mass is 10.1. The number of amides is 1. The molecule has 0 saturated heterocycles. The standard InChI is InChI=1S/C21H21ClN2O2S/c1-13-8-9-14(2)18(10-13)26-12-20(25)23-11-19-15(3)24-21(27-19)16-6-4-5-7-17(16)22/h4-10H,11-12H2,1-3H3,(H,23,25). The SMILES string of the molecule is Cc1ccc(C)c(OCC(=O)NCc2sc(-c3ccccc3Cl)nc2C)c1. The molecule has 140 valence electrons. The highest BCUT2D eigenvalue weighted by atomic mass is 35.5. The van der Waals surface area contributed by atoms with Crippen molar-refractivity contribution in [3.8, 4) is 16.3 Å². The number of thiazole rings is 1. The number of nitrogens with one attached hydrogen (secondary N) is 1. The molecular weight excluding hydrogens is 380 g/mol. The monoisotopic (exact) mass is 400 g/mol. The van der Waals surface area contributed by atoms with E-state index in [1.165, 1.54) is 11.3 Å². The average molecular weight is 401 g/mol. The number of benzene rings is 2. The van der Waals surface area contributed by atoms with E-state index in [1.807, 2.05) is 63.2 Å². The molecule has 3 aromatic rings. The molecule has 0 spiro atoms. The number of hydrogen-bond acceptors (Lipinski definition) is 4. The van der Waals surface area contributed by atoms with Crippen molar-refractivity contribution in [1.82, 2.24) is 10.3 Å². The number of nitrogens with zero attached hydrogens (tertiary/aromatic N) is 1. The van der Waals surface area contributed by atoms with Crippen molar-refractivity contribution in [2.24, 2.45) is 0 Å². The van der Waals surface area contributed by atoms with Crippen LogP contribution in [0.3, 0.4) is 0 Å². The molecule has 2 aromatic carbocycles. The van der Waals surface area contributed by atoms with Gasteiger partial charge in [-0.15, -0.1) is 11.3 Å². The minimum absolute atomic E-state index is 0.0144. The van der Waals surface area contributed by atoms with Crippen LogP contribution in [0.5, 0.6) is 5.75 Å². The Morgan fingerprint density at radius 2 is 1.96 bits per heavy atom. The molecule has 1 heterocycles. The minimum atomic E-state index is -0.164. The highest BCUT2D eigenvalue weighted by Gasteiger charge is 2.13. The Balaban J connectivity index is 1.59. The third-order valence-electron chi connectivity index (χ3n) is 4.15. The van der Waals surface area contributed by atoms with Crippen molar-refractivity contribution in [2.45, 2.75) is 27.3 Å². The molecule has 0 unspecified atom stereocenters. The molecule has 0 bridgehead atoms. The molecule has 1 amide bonds. The number of hydrogen-bond donors (Lipinski definition) is 1. The van der Waals surface area contributed by atoms with E-state index in [4.69, 9.17) is 16.3 Å². The van der Waals surface area contributed by atoms with Crippen LogP contribution in [-0.2, 0) is 11.3 Å². The maximum Gasteiger partial charge on any atom is 0.258 e. The minimum Gasteiger partial charge on any atom is -0.483 e. The van der Waals surface area contributed by atoms with Crippen LogP contribution >= 0.6 is 22.9 Å². The molecule has 1 N–H and O–H groups in total. The lowest BCUT2D eigenvalue weighted by molar-refractivity contribution is -0.123. The van der Waals surface area contributed by atoms with Crippen LogP contribution in [0.1, 0.15) is 21.7 Å². The fourth-order valence-electron chi connectivity index (χ4n) is 2.58. The van der Waals surface area contributed by atoms with Crippen LogP contribution in [0.25, 0.3) is 10.6 Å². The van der Waals surface area contributed by atoms with Crippen molar-refractivity contribution in [3.05, 3.63) is 69.2 Å². The molecule has 1 aromatic heterocycles. The first-order valence-electron chi connectivity index (χ1n) is 8.62. The van der Waals surface area contributed by atoms with Gasteiger partial charge < -0.3 is 10.1 Å². The smallest absolute Gasteiger partial charge is 0.258 e. The third kappa shape index (κ3) is 4.87. The summed E-state index contributed by atoms with van der Waals surface area (Å²) in [5.74, 6) is 0.572. The Hall–Kier alpha value is -2.37. The first-order chi connectivity index (χ1) is 12.9. The van der Waals surface area contributed by atoms with Gasteiger partial charge in [-0.3, -0.25) is 4.79 Å². The average Bonchev–Trinajstić information content (AvgIpc) is 3.01. The van der Waals surface area contributed by atoms with Crippen LogP contribution in [0, 0.1) is 20.8 Å². The molecule has 0 radical (unpaired) electrons. The predicted molar refractivity (Wildman–Crippen MR) is 111 cm³/mol. The fourth-order valence-corrected chi connectivity index (χ4v) is 3.90. The molecule has 0 atom stereocenters. The van der Waals surface area contributed by atoms with Crippen molar-refractivity contribution in [2.75, 3.05) is 6.61 Å². The summed E-state index contributed by atoms with van der Waals surface area (Å²) in [5, 5.41) is 4.42. The maximum atomic E-state index is 12.2. The Bertz CT molecular complexity index is 969. The molecule has 0 aliphatic rings. The summed E-state index contributed by atoms with van der Waals surface area (Å²) in [4.78, 5) is 17.7. The third-order valence-corrected chi connectivity index (χ3v) is 5.67. The van der Waals surface area contributed by atoms with E-state index in [0.29, 0.717) is 11.6 Å². The largest absolute Gasteiger partial charge is 0.483 e. The molecule has 0 fully saturated rings. The van der Waals surface area contributed by atoms with Gasteiger partial charge in [0, 0.05) is 10.4 Å². The number of halogens is 1. The van der Waals surface area contributed by atoms with Gasteiger partial charge in [-0.1, -0.05) is 41.9 Å². The first kappa shape index (κ1) is 19.4. The summed E-state index contributed by atoms with van der Waals surface area (Å²) < 4.78 is 5.65. The maximum absolute atomic E-state index is 12.2. The first-order valence-corrected chi connectivity index (χ1v) is 9.81. The van der Waals surface area contributed by atoms with Gasteiger partial charge in [-0.25, -0.2) is 4.98 Å². The second kappa shape index (κ2) is 8.55. The van der Waals surface area contributed by atoms with Crippen LogP contribution in [0.4, 0.5) is 0 Å². The lowest BCUT2D eigenvalue weighted by Crippen LogP contribution is -2.28. The predicted octanol–water partition coefficient (Wildman–Crippen LogP) is 5.08. The van der Waals surface area contributed by atoms with Gasteiger partial charge in [0.2, 0.25) is 0 Å². The Morgan fingerprint density at radius 3 is 2.74 bits per heavy atom. The zero-order valence-electron chi connectivity index (χ0n) is 15.5. The number of aryl methyl sites for hydroxylation is 3. The highest BCUT2D eigenvalue weighted by Crippen LogP contribution is 2.32. The number of carbonyl (C=O) groups is 1. The van der Waals surface area contributed by atoms with Crippen LogP contribution in [-0.4, -0.2) is 17.5 Å². The van der Waals surface area contributed by atoms with Gasteiger partial charge in [0.05, 0.1) is 17.3 Å². The van der Waals surface area contributed by atoms with E-state index in [9.17, 15) is 4.79 Å². The summed E-state index contributed by atoms with van der Waals surface area (Å²) in [6.45, 7) is 6.30. The van der Waals surface area contributed by atoms with E-state index in [1.54, 1.807) is 0 Å². The topological polar surface area (TPSA) is 51.2 Å². The van der Waals surface area contributed by atoms with Gasteiger partial charge in [0.25, 0.3) is 5.91 Å². The summed E-state index contributed by atoms with van der Waals surface area (Å²) in [6.07, 6.45) is 0. The van der Waals surface area contributed by atoms with Crippen molar-refractivity contribution < 1.29 is 9.53 Å². The van der Waals surface area contributed by atoms with Crippen molar-refractivity contribution in [3.63, 3.8) is 0 Å². The number of rotatable bonds is 6. The fraction of sp³-hybridized carbons (Fsp3) is 0.238. The van der Waals surface area contributed by atoms with Crippen LogP contribution < -0.4 is 10.1 Å². The summed E-state index contributed by atoms with van der Waals surface area (Å²) >= 11 is 7.79. The highest BCUT2D eigenvalue weighted by molar-refractivity contribution is 7.15. The Kier molecular flexibility index (Phi) is 6.14. The van der Waals surface area contributed by atoms with Crippen molar-refractivity contribution in [1.29, 1.82) is 0 Å². The molecule has 4 nitrogen and oxygen atoms in total. The zero-order valence-corrected chi connectivity index (χ0v) is 17.1. The Morgan fingerprint density at radius 1 is 1.19 bits per heavy atom. The van der Waals surface area contributed by atoms with Crippen LogP contribution in [0.2, 0.25) is 5.02 Å². The Labute approximate surface area is 168 Å². The number of ether oxygens (including phenoxy) is 1. The van der Waals surface area contributed by atoms with E-state index in [2.05, 4.69) is 10.3 Å². The van der Waals surface area contributed by atoms with E-state index < -0.39 is 0 Å². The van der Waals surface area contributed by atoms with Gasteiger partial charge in [-0.05, 0) is 44.0 Å². The van der Waals surface area contributed by atoms with E-state index in [-0.39, 0.29) is 12.5 Å². The molecule has 3 rings (SSSR count). The summed E-state index contributed by atoms with van der Waals surface area (Å²) in [5.41, 5.74) is 3.91. The van der Waals surface area contributed by atoms with Gasteiger partial charge >= 0.3 is 0 Å². The second-order valence-corrected chi connectivity index (χ2v) is 7.83. The normalized spacial score (nSPS) is 10.7. The summed E-state index contributed by atoms with van der Waals surface area (Å²) in [7, 11) is 0. The lowest BCUT2D eigenvalue weighted by Gasteiger charge is -2.10. The zero-order chi connectivity index (χ0) is 19.4. The van der Waals surface area contributed by atoms with E-state index in [0.717, 1.165) is 38.0 Å². The molecule has 27 heavy (non-hydrogen) atoms. The number of carbonyl (C=O) groups excluding carboxylic acids is 1. The van der Waals surface area contributed by atoms with E-state index >= 15 is 0 Å². The molecule has 0 aliphatic heterocycles. The molecular formula is C21H21ClN2O2S. The molecule has 0 saturated carbocycles. The van der Waals surface area contributed by atoms with Gasteiger partial charge in [0.1, 0.15) is 10.8 Å². The number of aromatic nitrogens is 1. The summed E-state index contributed by atoms with van der Waals surface area (Å²) in [6, 6.07) is 13.6. The van der Waals surface area contributed by atoms with Gasteiger partial charge in [-0.2, -0.15) is 0 Å². The quantitative estimate of drug-likeness (QED) is 0.627. The van der Waals surface area contributed by atoms with Crippen molar-refractivity contribution >= 4 is 28.8 Å². The van der Waals surface area contributed by atoms with Crippen LogP contribution in [0.15, 0.2) is 42.5 Å². The van der Waals surface area contributed by atoms with Gasteiger partial charge in [0.15, 0.2) is 6.61 Å². The molecule has 0 aliphatic carbocycles. The second-order valence-electron chi connectivity index (χ2n) is 6.34.